The molecule has 1 atom stereocenters. The molecule has 1 unspecified atom stereocenters. The molecular weight excluding hydrogens is 411 g/mol. The Morgan fingerprint density at radius 3 is 2.44 bits per heavy atom. The Morgan fingerprint density at radius 1 is 1.09 bits per heavy atom. The van der Waals surface area contributed by atoms with Crippen LogP contribution in [0.2, 0.25) is 0 Å². The summed E-state index contributed by atoms with van der Waals surface area (Å²) in [5.74, 6) is -1.06. The minimum atomic E-state index is -1.99. The molecule has 1 aliphatic heterocycles. The molecule has 2 aromatic carbocycles. The monoisotopic (exact) mass is 434 g/mol. The van der Waals surface area contributed by atoms with Gasteiger partial charge in [-0.3, -0.25) is 9.59 Å². The normalized spacial score (nSPS) is 15.1. The zero-order valence-electron chi connectivity index (χ0n) is 18.0. The lowest BCUT2D eigenvalue weighted by molar-refractivity contribution is -0.131. The lowest BCUT2D eigenvalue weighted by atomic mass is 9.86. The van der Waals surface area contributed by atoms with Gasteiger partial charge in [0.2, 0.25) is 0 Å². The Bertz CT molecular complexity index is 1230. The number of hydrogen-bond acceptors (Lipinski definition) is 6. The van der Waals surface area contributed by atoms with E-state index < -0.39 is 16.9 Å². The number of aliphatic hydroxyl groups is 1. The van der Waals surface area contributed by atoms with E-state index in [1.807, 2.05) is 0 Å². The predicted molar refractivity (Wildman–Crippen MR) is 117 cm³/mol. The van der Waals surface area contributed by atoms with E-state index in [9.17, 15) is 19.1 Å². The summed E-state index contributed by atoms with van der Waals surface area (Å²) in [6.07, 6.45) is 0.149. The Hall–Kier alpha value is -3.42. The SMILES string of the molecule is CC(C)(N)c1cc(-c2ccc(F)cc2)nc(C(C)(O)C(=O)c2ccc3c(c2)OC(=O)C3)c1. The second-order valence-electron chi connectivity index (χ2n) is 8.73. The number of benzene rings is 2. The first-order valence-electron chi connectivity index (χ1n) is 10.1. The number of Topliss-reactive ketones (excluding diaryl/α,β-unsaturated/α-hetero) is 1. The van der Waals surface area contributed by atoms with Crippen LogP contribution in [0, 0.1) is 5.82 Å². The van der Waals surface area contributed by atoms with Crippen molar-refractivity contribution in [2.45, 2.75) is 38.3 Å². The van der Waals surface area contributed by atoms with Gasteiger partial charge in [-0.1, -0.05) is 12.1 Å². The maximum absolute atomic E-state index is 13.4. The average Bonchev–Trinajstić information content (AvgIpc) is 3.12. The van der Waals surface area contributed by atoms with Crippen LogP contribution in [-0.2, 0) is 22.4 Å². The molecule has 0 saturated carbocycles. The van der Waals surface area contributed by atoms with Crippen LogP contribution in [-0.4, -0.2) is 21.8 Å². The van der Waals surface area contributed by atoms with Crippen molar-refractivity contribution in [1.82, 2.24) is 4.98 Å². The van der Waals surface area contributed by atoms with Gasteiger partial charge in [-0.05, 0) is 68.8 Å². The number of hydrogen-bond donors (Lipinski definition) is 2. The number of rotatable bonds is 5. The van der Waals surface area contributed by atoms with E-state index in [2.05, 4.69) is 4.98 Å². The van der Waals surface area contributed by atoms with Gasteiger partial charge in [-0.2, -0.15) is 0 Å². The van der Waals surface area contributed by atoms with Gasteiger partial charge in [0, 0.05) is 22.2 Å². The number of ether oxygens (including phenoxy) is 1. The van der Waals surface area contributed by atoms with E-state index in [0.717, 1.165) is 0 Å². The number of aromatic nitrogens is 1. The minimum Gasteiger partial charge on any atom is -0.426 e. The van der Waals surface area contributed by atoms with Gasteiger partial charge >= 0.3 is 5.97 Å². The number of carbonyl (C=O) groups excluding carboxylic acids is 2. The molecule has 0 spiro atoms. The van der Waals surface area contributed by atoms with E-state index >= 15 is 0 Å². The quantitative estimate of drug-likeness (QED) is 0.361. The van der Waals surface area contributed by atoms with Crippen LogP contribution in [0.25, 0.3) is 11.3 Å². The highest BCUT2D eigenvalue weighted by Crippen LogP contribution is 2.33. The molecule has 3 aromatic rings. The number of esters is 1. The highest BCUT2D eigenvalue weighted by atomic mass is 19.1. The first-order valence-corrected chi connectivity index (χ1v) is 10.1. The van der Waals surface area contributed by atoms with Crippen LogP contribution in [0.3, 0.4) is 0 Å². The third kappa shape index (κ3) is 4.04. The van der Waals surface area contributed by atoms with Crippen molar-refractivity contribution in [2.75, 3.05) is 0 Å². The van der Waals surface area contributed by atoms with Crippen LogP contribution >= 0.6 is 0 Å². The molecule has 0 fully saturated rings. The number of nitrogens with zero attached hydrogens (tertiary/aromatic N) is 1. The topological polar surface area (TPSA) is 103 Å². The number of nitrogens with two attached hydrogens (primary N) is 1. The summed E-state index contributed by atoms with van der Waals surface area (Å²) in [5, 5.41) is 11.3. The number of pyridine rings is 1. The number of fused-ring (bicyclic) bond motifs is 1. The van der Waals surface area contributed by atoms with Crippen LogP contribution in [0.5, 0.6) is 5.75 Å². The minimum absolute atomic E-state index is 0.107. The molecule has 0 radical (unpaired) electrons. The summed E-state index contributed by atoms with van der Waals surface area (Å²) in [6, 6.07) is 13.8. The summed E-state index contributed by atoms with van der Waals surface area (Å²) in [5.41, 5.74) is 6.22. The maximum atomic E-state index is 13.4. The van der Waals surface area contributed by atoms with E-state index in [0.29, 0.717) is 28.1 Å². The molecule has 0 bridgehead atoms. The van der Waals surface area contributed by atoms with E-state index in [4.69, 9.17) is 10.5 Å². The first kappa shape index (κ1) is 21.8. The van der Waals surface area contributed by atoms with Gasteiger partial charge in [-0.15, -0.1) is 0 Å². The average molecular weight is 434 g/mol. The lowest BCUT2D eigenvalue weighted by Gasteiger charge is -2.26. The molecule has 0 aliphatic carbocycles. The number of carbonyl (C=O) groups is 2. The van der Waals surface area contributed by atoms with Crippen molar-refractivity contribution in [1.29, 1.82) is 0 Å². The number of halogens is 1. The Kier molecular flexibility index (Phi) is 5.19. The van der Waals surface area contributed by atoms with Crippen molar-refractivity contribution in [3.63, 3.8) is 0 Å². The largest absolute Gasteiger partial charge is 0.426 e. The molecule has 32 heavy (non-hydrogen) atoms. The summed E-state index contributed by atoms with van der Waals surface area (Å²) < 4.78 is 18.5. The zero-order valence-corrected chi connectivity index (χ0v) is 18.0. The van der Waals surface area contributed by atoms with Crippen molar-refractivity contribution < 1.29 is 23.8 Å². The van der Waals surface area contributed by atoms with E-state index in [1.54, 1.807) is 50.2 Å². The highest BCUT2D eigenvalue weighted by molar-refractivity contribution is 6.03. The lowest BCUT2D eigenvalue weighted by Crippen LogP contribution is -2.35. The number of ketones is 1. The van der Waals surface area contributed by atoms with Crippen molar-refractivity contribution in [2.24, 2.45) is 5.73 Å². The molecule has 4 rings (SSSR count). The summed E-state index contributed by atoms with van der Waals surface area (Å²) in [7, 11) is 0. The molecular formula is C25H23FN2O4. The Morgan fingerprint density at radius 2 is 1.78 bits per heavy atom. The van der Waals surface area contributed by atoms with Crippen molar-refractivity contribution in [3.8, 4) is 17.0 Å². The predicted octanol–water partition coefficient (Wildman–Crippen LogP) is 3.63. The van der Waals surface area contributed by atoms with Gasteiger partial charge in [-0.25, -0.2) is 9.37 Å². The van der Waals surface area contributed by atoms with Gasteiger partial charge in [0.15, 0.2) is 11.4 Å². The van der Waals surface area contributed by atoms with Crippen LogP contribution in [0.4, 0.5) is 4.39 Å². The molecule has 1 aliphatic rings. The summed E-state index contributed by atoms with van der Waals surface area (Å²) >= 11 is 0. The van der Waals surface area contributed by atoms with Crippen LogP contribution in [0.1, 0.15) is 48.0 Å². The first-order chi connectivity index (χ1) is 14.9. The van der Waals surface area contributed by atoms with Crippen LogP contribution in [0.15, 0.2) is 54.6 Å². The maximum Gasteiger partial charge on any atom is 0.315 e. The van der Waals surface area contributed by atoms with Gasteiger partial charge in [0.25, 0.3) is 0 Å². The Labute approximate surface area is 184 Å². The molecule has 0 saturated heterocycles. The van der Waals surface area contributed by atoms with Crippen molar-refractivity contribution in [3.05, 3.63) is 82.8 Å². The molecule has 2 heterocycles. The van der Waals surface area contributed by atoms with Gasteiger partial charge in [0.1, 0.15) is 11.6 Å². The van der Waals surface area contributed by atoms with Crippen LogP contribution < -0.4 is 10.5 Å². The summed E-state index contributed by atoms with van der Waals surface area (Å²) in [4.78, 5) is 29.3. The Balaban J connectivity index is 1.79. The molecule has 0 amide bonds. The fourth-order valence-corrected chi connectivity index (χ4v) is 3.57. The third-order valence-corrected chi connectivity index (χ3v) is 5.54. The standard InChI is InChI=1S/C25H23FN2O4/c1-24(2,27)17-12-19(14-6-8-18(26)9-7-14)28-21(13-17)25(3,31)23(30)16-5-4-15-11-22(29)32-20(15)10-16/h4-10,12-13,31H,11,27H2,1-3H3. The molecule has 3 N–H and O–H groups in total. The zero-order chi connectivity index (χ0) is 23.3. The molecule has 7 heteroatoms. The fraction of sp³-hybridized carbons (Fsp3) is 0.240. The van der Waals surface area contributed by atoms with E-state index in [1.165, 1.54) is 25.1 Å². The molecule has 6 nitrogen and oxygen atoms in total. The highest BCUT2D eigenvalue weighted by Gasteiger charge is 2.37. The van der Waals surface area contributed by atoms with Gasteiger partial charge < -0.3 is 15.6 Å². The second kappa shape index (κ2) is 7.62. The summed E-state index contributed by atoms with van der Waals surface area (Å²) in [6.45, 7) is 4.95. The smallest absolute Gasteiger partial charge is 0.315 e. The molecule has 1 aromatic heterocycles. The van der Waals surface area contributed by atoms with E-state index in [-0.39, 0.29) is 29.5 Å². The fourth-order valence-electron chi connectivity index (χ4n) is 3.57. The second-order valence-corrected chi connectivity index (χ2v) is 8.73. The molecule has 164 valence electrons. The van der Waals surface area contributed by atoms with Crippen molar-refractivity contribution >= 4 is 11.8 Å². The van der Waals surface area contributed by atoms with Gasteiger partial charge in [0.05, 0.1) is 17.8 Å². The third-order valence-electron chi connectivity index (χ3n) is 5.54.